The zero-order valence-corrected chi connectivity index (χ0v) is 14.5. The highest BCUT2D eigenvalue weighted by molar-refractivity contribution is 5.79. The van der Waals surface area contributed by atoms with Crippen molar-refractivity contribution in [1.82, 2.24) is 15.1 Å². The van der Waals surface area contributed by atoms with Crippen LogP contribution in [-0.2, 0) is 14.9 Å². The SMILES string of the molecule is Cc1nnc([C@@]23COC[C@@H]2CN(C(=O)C/C=C/c2ccccc2F)C3)o1. The first-order valence-corrected chi connectivity index (χ1v) is 8.66. The highest BCUT2D eigenvalue weighted by atomic mass is 19.1. The van der Waals surface area contributed by atoms with E-state index in [2.05, 4.69) is 10.2 Å². The molecule has 2 aliphatic heterocycles. The van der Waals surface area contributed by atoms with E-state index in [1.54, 1.807) is 37.3 Å². The molecule has 6 nitrogen and oxygen atoms in total. The summed E-state index contributed by atoms with van der Waals surface area (Å²) in [5.41, 5.74) is 0.0661. The van der Waals surface area contributed by atoms with Crippen molar-refractivity contribution >= 4 is 12.0 Å². The van der Waals surface area contributed by atoms with Crippen molar-refractivity contribution in [2.75, 3.05) is 26.3 Å². The van der Waals surface area contributed by atoms with Crippen molar-refractivity contribution in [2.24, 2.45) is 5.92 Å². The number of likely N-dealkylation sites (tertiary alicyclic amines) is 1. The van der Waals surface area contributed by atoms with E-state index in [1.165, 1.54) is 6.07 Å². The number of benzene rings is 1. The Morgan fingerprint density at radius 3 is 3.04 bits per heavy atom. The van der Waals surface area contributed by atoms with Crippen LogP contribution < -0.4 is 0 Å². The molecule has 0 aliphatic carbocycles. The van der Waals surface area contributed by atoms with Gasteiger partial charge in [0.1, 0.15) is 5.82 Å². The average Bonchev–Trinajstić information content (AvgIpc) is 3.30. The second kappa shape index (κ2) is 6.64. The maximum absolute atomic E-state index is 13.6. The Balaban J connectivity index is 1.44. The van der Waals surface area contributed by atoms with Crippen molar-refractivity contribution in [1.29, 1.82) is 0 Å². The maximum atomic E-state index is 13.6. The highest BCUT2D eigenvalue weighted by Gasteiger charge is 2.56. The van der Waals surface area contributed by atoms with E-state index in [1.807, 2.05) is 4.90 Å². The van der Waals surface area contributed by atoms with Crippen LogP contribution in [0.1, 0.15) is 23.8 Å². The van der Waals surface area contributed by atoms with Gasteiger partial charge in [0.05, 0.1) is 18.6 Å². The van der Waals surface area contributed by atoms with Gasteiger partial charge in [-0.25, -0.2) is 4.39 Å². The topological polar surface area (TPSA) is 68.5 Å². The zero-order valence-electron chi connectivity index (χ0n) is 14.5. The van der Waals surface area contributed by atoms with Gasteiger partial charge < -0.3 is 14.1 Å². The Kier molecular flexibility index (Phi) is 4.32. The first-order chi connectivity index (χ1) is 12.6. The molecule has 1 aromatic carbocycles. The lowest BCUT2D eigenvalue weighted by molar-refractivity contribution is -0.129. The first-order valence-electron chi connectivity index (χ1n) is 8.66. The van der Waals surface area contributed by atoms with Gasteiger partial charge in [-0.2, -0.15) is 0 Å². The Hall–Kier alpha value is -2.54. The highest BCUT2D eigenvalue weighted by Crippen LogP contribution is 2.43. The van der Waals surface area contributed by atoms with E-state index < -0.39 is 5.41 Å². The molecule has 0 unspecified atom stereocenters. The summed E-state index contributed by atoms with van der Waals surface area (Å²) in [5, 5.41) is 8.10. The molecule has 0 spiro atoms. The standard InChI is InChI=1S/C19H20FN3O3/c1-13-21-22-18(26-13)19-11-23(9-15(19)10-25-12-19)17(24)8-4-6-14-5-2-3-7-16(14)20/h2-7,15H,8-12H2,1H3/b6-4+/t15-,19-/m0/s1. The minimum Gasteiger partial charge on any atom is -0.425 e. The monoisotopic (exact) mass is 357 g/mol. The average molecular weight is 357 g/mol. The van der Waals surface area contributed by atoms with Crippen molar-refractivity contribution in [3.8, 4) is 0 Å². The van der Waals surface area contributed by atoms with Crippen LogP contribution in [0.5, 0.6) is 0 Å². The number of halogens is 1. The fraction of sp³-hybridized carbons (Fsp3) is 0.421. The smallest absolute Gasteiger partial charge is 0.227 e. The molecule has 0 N–H and O–H groups in total. The van der Waals surface area contributed by atoms with Crippen LogP contribution in [0, 0.1) is 18.7 Å². The number of carbonyl (C=O) groups is 1. The van der Waals surface area contributed by atoms with Gasteiger partial charge in [0.2, 0.25) is 17.7 Å². The molecule has 2 aliphatic rings. The van der Waals surface area contributed by atoms with Gasteiger partial charge in [0.15, 0.2) is 0 Å². The second-order valence-electron chi connectivity index (χ2n) is 6.90. The summed E-state index contributed by atoms with van der Waals surface area (Å²) >= 11 is 0. The molecule has 1 aromatic heterocycles. The van der Waals surface area contributed by atoms with Crippen LogP contribution in [-0.4, -0.2) is 47.3 Å². The van der Waals surface area contributed by atoms with Gasteiger partial charge in [0.25, 0.3) is 0 Å². The van der Waals surface area contributed by atoms with Crippen LogP contribution in [0.2, 0.25) is 0 Å². The van der Waals surface area contributed by atoms with Gasteiger partial charge >= 0.3 is 0 Å². The number of amides is 1. The third kappa shape index (κ3) is 2.92. The Labute approximate surface area is 150 Å². The molecule has 2 fully saturated rings. The number of carbonyl (C=O) groups excluding carboxylic acids is 1. The van der Waals surface area contributed by atoms with Gasteiger partial charge in [-0.3, -0.25) is 4.79 Å². The number of hydrogen-bond acceptors (Lipinski definition) is 5. The van der Waals surface area contributed by atoms with Gasteiger partial charge in [-0.15, -0.1) is 10.2 Å². The lowest BCUT2D eigenvalue weighted by Gasteiger charge is -2.22. The van der Waals surface area contributed by atoms with Crippen molar-refractivity contribution in [3.63, 3.8) is 0 Å². The number of hydrogen-bond donors (Lipinski definition) is 0. The fourth-order valence-corrected chi connectivity index (χ4v) is 3.75. The van der Waals surface area contributed by atoms with E-state index in [0.29, 0.717) is 43.6 Å². The van der Waals surface area contributed by atoms with Gasteiger partial charge in [0, 0.05) is 37.9 Å². The summed E-state index contributed by atoms with van der Waals surface area (Å²) in [6.45, 7) is 3.92. The van der Waals surface area contributed by atoms with Crippen LogP contribution in [0.25, 0.3) is 6.08 Å². The van der Waals surface area contributed by atoms with E-state index in [4.69, 9.17) is 9.15 Å². The lowest BCUT2D eigenvalue weighted by atomic mass is 9.81. The van der Waals surface area contributed by atoms with E-state index in [0.717, 1.165) is 0 Å². The molecule has 4 rings (SSSR count). The molecule has 3 heterocycles. The molecule has 2 saturated heterocycles. The van der Waals surface area contributed by atoms with Crippen LogP contribution in [0.3, 0.4) is 0 Å². The number of aromatic nitrogens is 2. The molecule has 1 amide bonds. The van der Waals surface area contributed by atoms with Crippen LogP contribution >= 0.6 is 0 Å². The van der Waals surface area contributed by atoms with Gasteiger partial charge in [-0.1, -0.05) is 30.4 Å². The molecule has 136 valence electrons. The first kappa shape index (κ1) is 16.9. The Morgan fingerprint density at radius 1 is 1.42 bits per heavy atom. The number of rotatable bonds is 4. The number of aryl methyl sites for hydroxylation is 1. The summed E-state index contributed by atoms with van der Waals surface area (Å²) in [4.78, 5) is 14.4. The quantitative estimate of drug-likeness (QED) is 0.840. The predicted molar refractivity (Wildman–Crippen MR) is 91.7 cm³/mol. The molecule has 0 saturated carbocycles. The molecule has 7 heteroatoms. The second-order valence-corrected chi connectivity index (χ2v) is 6.90. The summed E-state index contributed by atoms with van der Waals surface area (Å²) < 4.78 is 24.9. The zero-order chi connectivity index (χ0) is 18.1. The molecular formula is C19H20FN3O3. The summed E-state index contributed by atoms with van der Waals surface area (Å²) in [7, 11) is 0. The van der Waals surface area contributed by atoms with Crippen LogP contribution in [0.4, 0.5) is 4.39 Å². The van der Waals surface area contributed by atoms with E-state index in [9.17, 15) is 9.18 Å². The molecule has 26 heavy (non-hydrogen) atoms. The largest absolute Gasteiger partial charge is 0.425 e. The van der Waals surface area contributed by atoms with Crippen molar-refractivity contribution in [2.45, 2.75) is 18.8 Å². The number of fused-ring (bicyclic) bond motifs is 1. The summed E-state index contributed by atoms with van der Waals surface area (Å²) in [5.74, 6) is 0.923. The minimum atomic E-state index is -0.411. The fourth-order valence-electron chi connectivity index (χ4n) is 3.75. The van der Waals surface area contributed by atoms with Crippen molar-refractivity contribution < 1.29 is 18.3 Å². The Bertz CT molecular complexity index is 850. The van der Waals surface area contributed by atoms with Crippen LogP contribution in [0.15, 0.2) is 34.8 Å². The molecule has 0 bridgehead atoms. The third-order valence-electron chi connectivity index (χ3n) is 5.17. The Morgan fingerprint density at radius 2 is 2.27 bits per heavy atom. The van der Waals surface area contributed by atoms with Crippen molar-refractivity contribution in [3.05, 3.63) is 53.5 Å². The van der Waals surface area contributed by atoms with E-state index in [-0.39, 0.29) is 24.1 Å². The van der Waals surface area contributed by atoms with Gasteiger partial charge in [-0.05, 0) is 6.07 Å². The molecular weight excluding hydrogens is 337 g/mol. The molecule has 0 radical (unpaired) electrons. The minimum absolute atomic E-state index is 0.00241. The molecule has 2 aromatic rings. The third-order valence-corrected chi connectivity index (χ3v) is 5.17. The number of ether oxygens (including phenoxy) is 1. The maximum Gasteiger partial charge on any atom is 0.227 e. The predicted octanol–water partition coefficient (Wildman–Crippen LogP) is 2.35. The van der Waals surface area contributed by atoms with E-state index >= 15 is 0 Å². The summed E-state index contributed by atoms with van der Waals surface area (Å²) in [6.07, 6.45) is 3.57. The molecule has 2 atom stereocenters. The lowest BCUT2D eigenvalue weighted by Crippen LogP contribution is -2.37. The summed E-state index contributed by atoms with van der Waals surface area (Å²) in [6, 6.07) is 6.49. The normalized spacial score (nSPS) is 25.2. The number of nitrogens with zero attached hydrogens (tertiary/aromatic N) is 3.